The van der Waals surface area contributed by atoms with E-state index in [1.807, 2.05) is 23.6 Å². The number of methoxy groups -OCH3 is 4. The molecule has 0 spiro atoms. The Morgan fingerprint density at radius 3 is 2.32 bits per heavy atom. The molecular formula is C22H26N2O6S. The van der Waals surface area contributed by atoms with E-state index in [-0.39, 0.29) is 0 Å². The number of hydrogen-bond acceptors (Lipinski definition) is 7. The second-order valence-electron chi connectivity index (χ2n) is 6.34. The summed E-state index contributed by atoms with van der Waals surface area (Å²) in [5.41, 5.74) is 1.12. The van der Waals surface area contributed by atoms with Crippen molar-refractivity contribution in [3.8, 4) is 23.0 Å². The molecule has 8 nitrogen and oxygen atoms in total. The summed E-state index contributed by atoms with van der Waals surface area (Å²) < 4.78 is 30.1. The van der Waals surface area contributed by atoms with Gasteiger partial charge in [0, 0.05) is 13.2 Å². The number of rotatable bonds is 9. The molecule has 0 atom stereocenters. The van der Waals surface area contributed by atoms with Gasteiger partial charge in [-0.1, -0.05) is 17.4 Å². The number of aromatic nitrogens is 1. The van der Waals surface area contributed by atoms with Crippen LogP contribution in [-0.4, -0.2) is 52.1 Å². The Morgan fingerprint density at radius 1 is 0.968 bits per heavy atom. The summed E-state index contributed by atoms with van der Waals surface area (Å²) >= 11 is 1.35. The van der Waals surface area contributed by atoms with E-state index in [0.717, 1.165) is 10.2 Å². The van der Waals surface area contributed by atoms with Crippen molar-refractivity contribution in [3.05, 3.63) is 40.7 Å². The lowest BCUT2D eigenvalue weighted by Crippen LogP contribution is -2.20. The molecule has 1 aromatic heterocycles. The summed E-state index contributed by atoms with van der Waals surface area (Å²) in [6, 6.07) is 8.78. The minimum Gasteiger partial charge on any atom is -0.495 e. The van der Waals surface area contributed by atoms with Crippen LogP contribution in [0.3, 0.4) is 0 Å². The number of carbonyl (C=O) groups is 1. The lowest BCUT2D eigenvalue weighted by molar-refractivity contribution is 0.0993. The Bertz CT molecular complexity index is 1130. The SMILES string of the molecule is CCOCCn1c(=NC(=O)c2cccc(OC)c2OC)sc2c(OC)ccc(OC)c21. The number of amides is 1. The summed E-state index contributed by atoms with van der Waals surface area (Å²) in [6.07, 6.45) is 0. The second kappa shape index (κ2) is 10.3. The second-order valence-corrected chi connectivity index (χ2v) is 7.32. The quantitative estimate of drug-likeness (QED) is 0.468. The molecule has 2 aromatic carbocycles. The highest BCUT2D eigenvalue weighted by Crippen LogP contribution is 2.35. The van der Waals surface area contributed by atoms with Gasteiger partial charge >= 0.3 is 0 Å². The normalized spacial score (nSPS) is 11.6. The largest absolute Gasteiger partial charge is 0.495 e. The van der Waals surface area contributed by atoms with Gasteiger partial charge in [0.2, 0.25) is 0 Å². The van der Waals surface area contributed by atoms with Crippen LogP contribution >= 0.6 is 11.3 Å². The van der Waals surface area contributed by atoms with Crippen molar-refractivity contribution in [3.63, 3.8) is 0 Å². The van der Waals surface area contributed by atoms with Gasteiger partial charge in [-0.05, 0) is 31.2 Å². The van der Waals surface area contributed by atoms with Crippen LogP contribution < -0.4 is 23.7 Å². The van der Waals surface area contributed by atoms with Crippen LogP contribution in [0.2, 0.25) is 0 Å². The van der Waals surface area contributed by atoms with Gasteiger partial charge in [-0.3, -0.25) is 4.79 Å². The average molecular weight is 447 g/mol. The van der Waals surface area contributed by atoms with Gasteiger partial charge in [0.15, 0.2) is 16.3 Å². The van der Waals surface area contributed by atoms with Gasteiger partial charge in [0.1, 0.15) is 21.7 Å². The molecule has 0 N–H and O–H groups in total. The van der Waals surface area contributed by atoms with Crippen LogP contribution in [0.5, 0.6) is 23.0 Å². The van der Waals surface area contributed by atoms with Crippen molar-refractivity contribution in [2.24, 2.45) is 4.99 Å². The van der Waals surface area contributed by atoms with Crippen LogP contribution in [0, 0.1) is 0 Å². The van der Waals surface area contributed by atoms with Crippen LogP contribution in [0.1, 0.15) is 17.3 Å². The predicted molar refractivity (Wildman–Crippen MR) is 119 cm³/mol. The number of carbonyl (C=O) groups excluding carboxylic acids is 1. The molecule has 1 heterocycles. The molecule has 1 amide bonds. The number of fused-ring (bicyclic) bond motifs is 1. The van der Waals surface area contributed by atoms with E-state index < -0.39 is 5.91 Å². The van der Waals surface area contributed by atoms with Crippen LogP contribution in [0.4, 0.5) is 0 Å². The third-order valence-corrected chi connectivity index (χ3v) is 5.78. The molecule has 0 aliphatic heterocycles. The summed E-state index contributed by atoms with van der Waals surface area (Å²) in [5.74, 6) is 1.71. The van der Waals surface area contributed by atoms with Crippen LogP contribution in [0.25, 0.3) is 10.2 Å². The monoisotopic (exact) mass is 446 g/mol. The van der Waals surface area contributed by atoms with Crippen molar-refractivity contribution in [2.75, 3.05) is 41.7 Å². The molecule has 0 unspecified atom stereocenters. The Labute approximate surface area is 184 Å². The highest BCUT2D eigenvalue weighted by Gasteiger charge is 2.19. The first-order chi connectivity index (χ1) is 15.1. The minimum absolute atomic E-state index is 0.314. The fraction of sp³-hybridized carbons (Fsp3) is 0.364. The lowest BCUT2D eigenvalue weighted by Gasteiger charge is -2.11. The van der Waals surface area contributed by atoms with E-state index >= 15 is 0 Å². The first-order valence-corrected chi connectivity index (χ1v) is 10.5. The van der Waals surface area contributed by atoms with Crippen molar-refractivity contribution in [2.45, 2.75) is 13.5 Å². The van der Waals surface area contributed by atoms with Gasteiger partial charge < -0.3 is 28.3 Å². The zero-order chi connectivity index (χ0) is 22.4. The summed E-state index contributed by atoms with van der Waals surface area (Å²) in [6.45, 7) is 3.49. The molecule has 9 heteroatoms. The maximum atomic E-state index is 13.1. The molecule has 0 bridgehead atoms. The summed E-state index contributed by atoms with van der Waals surface area (Å²) in [5, 5.41) is 0. The number of nitrogens with zero attached hydrogens (tertiary/aromatic N) is 2. The Morgan fingerprint density at radius 2 is 1.68 bits per heavy atom. The van der Waals surface area contributed by atoms with E-state index in [1.165, 1.54) is 25.6 Å². The minimum atomic E-state index is -0.439. The molecule has 0 saturated heterocycles. The van der Waals surface area contributed by atoms with Gasteiger partial charge in [-0.25, -0.2) is 0 Å². The van der Waals surface area contributed by atoms with E-state index in [4.69, 9.17) is 23.7 Å². The first kappa shape index (κ1) is 22.6. The van der Waals surface area contributed by atoms with Crippen LogP contribution in [0.15, 0.2) is 35.3 Å². The average Bonchev–Trinajstić information content (AvgIpc) is 3.15. The molecular weight excluding hydrogens is 420 g/mol. The van der Waals surface area contributed by atoms with E-state index in [2.05, 4.69) is 4.99 Å². The van der Waals surface area contributed by atoms with Gasteiger partial charge in [-0.2, -0.15) is 4.99 Å². The highest BCUT2D eigenvalue weighted by molar-refractivity contribution is 7.16. The smallest absolute Gasteiger partial charge is 0.283 e. The zero-order valence-electron chi connectivity index (χ0n) is 18.3. The molecule has 3 rings (SSSR count). The molecule has 0 saturated carbocycles. The summed E-state index contributed by atoms with van der Waals surface area (Å²) in [4.78, 5) is 18.1. The lowest BCUT2D eigenvalue weighted by atomic mass is 10.2. The molecule has 0 aliphatic carbocycles. The maximum absolute atomic E-state index is 13.1. The van der Waals surface area contributed by atoms with E-state index in [9.17, 15) is 4.79 Å². The third kappa shape index (κ3) is 4.52. The Balaban J connectivity index is 2.22. The predicted octanol–water partition coefficient (Wildman–Crippen LogP) is 3.51. The molecule has 0 fully saturated rings. The molecule has 0 aliphatic rings. The third-order valence-electron chi connectivity index (χ3n) is 4.69. The fourth-order valence-electron chi connectivity index (χ4n) is 3.25. The van der Waals surface area contributed by atoms with Crippen molar-refractivity contribution < 1.29 is 28.5 Å². The topological polar surface area (TPSA) is 80.5 Å². The van der Waals surface area contributed by atoms with Crippen molar-refractivity contribution in [1.29, 1.82) is 0 Å². The van der Waals surface area contributed by atoms with Crippen LogP contribution in [-0.2, 0) is 11.3 Å². The zero-order valence-corrected chi connectivity index (χ0v) is 19.1. The van der Waals surface area contributed by atoms with Crippen molar-refractivity contribution >= 4 is 27.5 Å². The fourth-order valence-corrected chi connectivity index (χ4v) is 4.41. The summed E-state index contributed by atoms with van der Waals surface area (Å²) in [7, 11) is 6.23. The van der Waals surface area contributed by atoms with Gasteiger partial charge in [0.25, 0.3) is 5.91 Å². The number of thiazole rings is 1. The Kier molecular flexibility index (Phi) is 7.54. The standard InChI is InChI=1S/C22H26N2O6S/c1-6-30-13-12-24-18-15(26-2)10-11-17(28-4)20(18)31-22(24)23-21(25)14-8-7-9-16(27-3)19(14)29-5/h7-11H,6,12-13H2,1-5H3. The van der Waals surface area contributed by atoms with Gasteiger partial charge in [-0.15, -0.1) is 0 Å². The molecule has 3 aromatic rings. The first-order valence-electron chi connectivity index (χ1n) is 9.71. The number of benzene rings is 2. The van der Waals surface area contributed by atoms with E-state index in [1.54, 1.807) is 32.4 Å². The number of hydrogen-bond donors (Lipinski definition) is 0. The molecule has 31 heavy (non-hydrogen) atoms. The molecule has 166 valence electrons. The van der Waals surface area contributed by atoms with E-state index in [0.29, 0.717) is 53.1 Å². The Hall–Kier alpha value is -3.04. The maximum Gasteiger partial charge on any atom is 0.283 e. The number of para-hydroxylation sites is 1. The van der Waals surface area contributed by atoms with Gasteiger partial charge in [0.05, 0.1) is 40.6 Å². The molecule has 0 radical (unpaired) electrons. The van der Waals surface area contributed by atoms with Crippen molar-refractivity contribution in [1.82, 2.24) is 4.57 Å². The number of ether oxygens (including phenoxy) is 5. The highest BCUT2D eigenvalue weighted by atomic mass is 32.1.